The molecule has 0 amide bonds. The van der Waals surface area contributed by atoms with Gasteiger partial charge in [0.05, 0.1) is 6.20 Å². The number of nitrogens with one attached hydrogen (secondary N) is 1. The van der Waals surface area contributed by atoms with E-state index in [1.54, 1.807) is 0 Å². The van der Waals surface area contributed by atoms with Gasteiger partial charge in [-0.25, -0.2) is 0 Å². The Morgan fingerprint density at radius 3 is 2.65 bits per heavy atom. The Labute approximate surface area is 124 Å². The van der Waals surface area contributed by atoms with Gasteiger partial charge in [-0.3, -0.25) is 4.68 Å². The van der Waals surface area contributed by atoms with Crippen LogP contribution < -0.4 is 5.32 Å². The van der Waals surface area contributed by atoms with Gasteiger partial charge in [-0.2, -0.15) is 5.10 Å². The maximum atomic E-state index is 4.48. The van der Waals surface area contributed by atoms with Gasteiger partial charge >= 0.3 is 0 Å². The second-order valence-electron chi connectivity index (χ2n) is 7.26. The molecule has 0 aliphatic heterocycles. The molecular formula is C17H31N3. The minimum Gasteiger partial charge on any atom is -0.312 e. The van der Waals surface area contributed by atoms with Crippen LogP contribution in [0.25, 0.3) is 0 Å². The highest BCUT2D eigenvalue weighted by Gasteiger charge is 2.27. The van der Waals surface area contributed by atoms with Gasteiger partial charge in [0.15, 0.2) is 0 Å². The summed E-state index contributed by atoms with van der Waals surface area (Å²) in [6.07, 6.45) is 11.2. The van der Waals surface area contributed by atoms with Crippen LogP contribution in [0.4, 0.5) is 0 Å². The van der Waals surface area contributed by atoms with Gasteiger partial charge in [0, 0.05) is 18.3 Å². The van der Waals surface area contributed by atoms with E-state index >= 15 is 0 Å². The Balaban J connectivity index is 2.08. The quantitative estimate of drug-likeness (QED) is 0.844. The van der Waals surface area contributed by atoms with Gasteiger partial charge in [-0.05, 0) is 64.5 Å². The summed E-state index contributed by atoms with van der Waals surface area (Å²) in [5, 5.41) is 8.19. The smallest absolute Gasteiger partial charge is 0.0524 e. The van der Waals surface area contributed by atoms with E-state index < -0.39 is 0 Å². The van der Waals surface area contributed by atoms with E-state index in [9.17, 15) is 0 Å². The fraction of sp³-hybridized carbons (Fsp3) is 0.824. The molecule has 3 nitrogen and oxygen atoms in total. The second-order valence-corrected chi connectivity index (χ2v) is 7.26. The zero-order valence-electron chi connectivity index (χ0n) is 13.7. The molecule has 0 aromatic carbocycles. The van der Waals surface area contributed by atoms with Gasteiger partial charge < -0.3 is 5.32 Å². The third kappa shape index (κ3) is 4.34. The Morgan fingerprint density at radius 1 is 1.25 bits per heavy atom. The Morgan fingerprint density at radius 2 is 2.00 bits per heavy atom. The monoisotopic (exact) mass is 277 g/mol. The van der Waals surface area contributed by atoms with Gasteiger partial charge in [-0.15, -0.1) is 0 Å². The normalized spacial score (nSPS) is 24.6. The van der Waals surface area contributed by atoms with E-state index in [0.29, 0.717) is 5.92 Å². The van der Waals surface area contributed by atoms with Gasteiger partial charge in [0.2, 0.25) is 0 Å². The molecular weight excluding hydrogens is 246 g/mol. The lowest BCUT2D eigenvalue weighted by molar-refractivity contribution is 0.322. The van der Waals surface area contributed by atoms with Crippen LogP contribution in [0.5, 0.6) is 0 Å². The Bertz CT molecular complexity index is 403. The molecule has 1 aromatic rings. The van der Waals surface area contributed by atoms with Gasteiger partial charge in [-0.1, -0.05) is 19.3 Å². The largest absolute Gasteiger partial charge is 0.312 e. The van der Waals surface area contributed by atoms with Crippen molar-refractivity contribution >= 4 is 0 Å². The topological polar surface area (TPSA) is 29.9 Å². The average molecular weight is 277 g/mol. The maximum absolute atomic E-state index is 4.48. The summed E-state index contributed by atoms with van der Waals surface area (Å²) in [7, 11) is 0. The van der Waals surface area contributed by atoms with Crippen LogP contribution in [0.2, 0.25) is 0 Å². The van der Waals surface area contributed by atoms with Crippen molar-refractivity contribution in [2.75, 3.05) is 6.54 Å². The number of rotatable bonds is 4. The molecule has 2 rings (SSSR count). The lowest BCUT2D eigenvalue weighted by Gasteiger charge is -2.29. The molecule has 0 spiro atoms. The second kappa shape index (κ2) is 6.75. The van der Waals surface area contributed by atoms with Crippen molar-refractivity contribution in [3.63, 3.8) is 0 Å². The molecule has 0 radical (unpaired) electrons. The van der Waals surface area contributed by atoms with Crippen LogP contribution in [-0.2, 0) is 6.54 Å². The first kappa shape index (κ1) is 15.6. The van der Waals surface area contributed by atoms with Crippen molar-refractivity contribution < 1.29 is 0 Å². The number of hydrogen-bond acceptors (Lipinski definition) is 2. The zero-order valence-corrected chi connectivity index (χ0v) is 13.7. The summed E-state index contributed by atoms with van der Waals surface area (Å²) in [4.78, 5) is 0. The third-order valence-electron chi connectivity index (χ3n) is 4.46. The maximum Gasteiger partial charge on any atom is 0.0524 e. The highest BCUT2D eigenvalue weighted by molar-refractivity contribution is 5.13. The summed E-state index contributed by atoms with van der Waals surface area (Å²) in [5.41, 5.74) is 1.67. The fourth-order valence-corrected chi connectivity index (χ4v) is 3.25. The average Bonchev–Trinajstić information content (AvgIpc) is 2.74. The van der Waals surface area contributed by atoms with E-state index in [1.807, 2.05) is 0 Å². The molecule has 2 unspecified atom stereocenters. The molecule has 20 heavy (non-hydrogen) atoms. The first-order valence-electron chi connectivity index (χ1n) is 8.27. The molecule has 3 heteroatoms. The summed E-state index contributed by atoms with van der Waals surface area (Å²) in [5.74, 6) is 1.44. The molecule has 1 aromatic heterocycles. The molecule has 0 bridgehead atoms. The van der Waals surface area contributed by atoms with Gasteiger partial charge in [0.1, 0.15) is 0 Å². The van der Waals surface area contributed by atoms with Crippen LogP contribution in [0, 0.1) is 5.92 Å². The van der Waals surface area contributed by atoms with Crippen LogP contribution in [0.15, 0.2) is 12.4 Å². The molecule has 0 saturated heterocycles. The molecule has 1 fully saturated rings. The van der Waals surface area contributed by atoms with Gasteiger partial charge in [0.25, 0.3) is 0 Å². The van der Waals surface area contributed by atoms with Crippen molar-refractivity contribution in [2.45, 2.75) is 77.8 Å². The van der Waals surface area contributed by atoms with Crippen molar-refractivity contribution in [2.24, 2.45) is 5.92 Å². The van der Waals surface area contributed by atoms with Crippen molar-refractivity contribution in [1.29, 1.82) is 0 Å². The predicted molar refractivity (Wildman–Crippen MR) is 85.0 cm³/mol. The summed E-state index contributed by atoms with van der Waals surface area (Å²) in [6.45, 7) is 11.0. The number of aromatic nitrogens is 2. The van der Waals surface area contributed by atoms with Crippen LogP contribution >= 0.6 is 0 Å². The minimum absolute atomic E-state index is 0.213. The molecule has 1 saturated carbocycles. The molecule has 1 aliphatic carbocycles. The Hall–Kier alpha value is -0.830. The highest BCUT2D eigenvalue weighted by atomic mass is 15.3. The summed E-state index contributed by atoms with van der Waals surface area (Å²) in [6, 6.07) is 0. The summed E-state index contributed by atoms with van der Waals surface area (Å²) >= 11 is 0. The molecule has 1 N–H and O–H groups in total. The summed E-state index contributed by atoms with van der Waals surface area (Å²) < 4.78 is 2.06. The van der Waals surface area contributed by atoms with E-state index in [2.05, 4.69) is 55.2 Å². The molecule has 1 aliphatic rings. The van der Waals surface area contributed by atoms with Crippen LogP contribution in [-0.4, -0.2) is 21.9 Å². The standard InChI is InChI=1S/C17H31N3/c1-5-20-13-15(12-19-20)16-10-8-6-7-9-14(16)11-18-17(2,3)4/h12-14,16,18H,5-11H2,1-4H3. The van der Waals surface area contributed by atoms with Crippen molar-refractivity contribution in [3.8, 4) is 0 Å². The van der Waals surface area contributed by atoms with Crippen LogP contribution in [0.3, 0.4) is 0 Å². The van der Waals surface area contributed by atoms with E-state index in [1.165, 1.54) is 37.7 Å². The highest BCUT2D eigenvalue weighted by Crippen LogP contribution is 2.36. The van der Waals surface area contributed by atoms with Crippen LogP contribution in [0.1, 0.15) is 71.3 Å². The van der Waals surface area contributed by atoms with E-state index in [0.717, 1.165) is 19.0 Å². The predicted octanol–water partition coefficient (Wildman–Crippen LogP) is 3.96. The number of aryl methyl sites for hydroxylation is 1. The Kier molecular flexibility index (Phi) is 5.25. The zero-order chi connectivity index (χ0) is 14.6. The minimum atomic E-state index is 0.213. The lowest BCUT2D eigenvalue weighted by Crippen LogP contribution is -2.40. The first-order valence-corrected chi connectivity index (χ1v) is 8.27. The third-order valence-corrected chi connectivity index (χ3v) is 4.46. The SMILES string of the molecule is CCn1cc(C2CCCCCC2CNC(C)(C)C)cn1. The van der Waals surface area contributed by atoms with Crippen molar-refractivity contribution in [1.82, 2.24) is 15.1 Å². The number of nitrogens with zero attached hydrogens (tertiary/aromatic N) is 2. The van der Waals surface area contributed by atoms with E-state index in [4.69, 9.17) is 0 Å². The molecule has 2 atom stereocenters. The lowest BCUT2D eigenvalue weighted by atomic mass is 9.83. The molecule has 114 valence electrons. The van der Waals surface area contributed by atoms with E-state index in [-0.39, 0.29) is 5.54 Å². The van der Waals surface area contributed by atoms with Crippen molar-refractivity contribution in [3.05, 3.63) is 18.0 Å². The number of hydrogen-bond donors (Lipinski definition) is 1. The molecule has 1 heterocycles. The first-order chi connectivity index (χ1) is 9.49. The fourth-order valence-electron chi connectivity index (χ4n) is 3.25.